The van der Waals surface area contributed by atoms with Crippen molar-refractivity contribution in [1.82, 2.24) is 4.90 Å². The Hall–Kier alpha value is -2.13. The Morgan fingerprint density at radius 3 is 2.62 bits per heavy atom. The molecule has 0 spiro atoms. The van der Waals surface area contributed by atoms with Crippen molar-refractivity contribution in [3.63, 3.8) is 0 Å². The summed E-state index contributed by atoms with van der Waals surface area (Å²) in [6, 6.07) is 19.5. The molecule has 1 aliphatic rings. The van der Waals surface area contributed by atoms with E-state index in [2.05, 4.69) is 66.4 Å². The van der Waals surface area contributed by atoms with Crippen LogP contribution in [-0.4, -0.2) is 37.6 Å². The largest absolute Gasteiger partial charge is 0.468 e. The maximum Gasteiger partial charge on any atom is 0.319 e. The van der Waals surface area contributed by atoms with Crippen molar-refractivity contribution >= 4 is 5.97 Å². The Labute approximate surface area is 144 Å². The first kappa shape index (κ1) is 16.7. The highest BCUT2D eigenvalue weighted by molar-refractivity contribution is 5.71. The van der Waals surface area contributed by atoms with Crippen LogP contribution in [0, 0.1) is 12.8 Å². The van der Waals surface area contributed by atoms with Crippen molar-refractivity contribution < 1.29 is 9.53 Å². The van der Waals surface area contributed by atoms with Gasteiger partial charge in [-0.25, -0.2) is 0 Å². The lowest BCUT2D eigenvalue weighted by atomic mass is 9.80. The molecule has 1 saturated heterocycles. The fourth-order valence-electron chi connectivity index (χ4n) is 3.79. The first-order chi connectivity index (χ1) is 11.7. The smallest absolute Gasteiger partial charge is 0.319 e. The fourth-order valence-corrected chi connectivity index (χ4v) is 3.79. The number of methoxy groups -OCH3 is 1. The Bertz CT molecular complexity index is 683. The summed E-state index contributed by atoms with van der Waals surface area (Å²) in [5.41, 5.74) is 4.01. The number of nitrogens with zero attached hydrogens (tertiary/aromatic N) is 1. The van der Waals surface area contributed by atoms with Crippen LogP contribution in [0.3, 0.4) is 0 Å². The molecule has 0 aliphatic carbocycles. The Balaban J connectivity index is 1.85. The maximum absolute atomic E-state index is 11.6. The first-order valence-electron chi connectivity index (χ1n) is 8.58. The summed E-state index contributed by atoms with van der Waals surface area (Å²) in [4.78, 5) is 13.8. The normalized spacial score (nSPS) is 19.2. The molecule has 0 amide bonds. The van der Waals surface area contributed by atoms with Gasteiger partial charge in [0.25, 0.3) is 0 Å². The Morgan fingerprint density at radius 1 is 1.17 bits per heavy atom. The second kappa shape index (κ2) is 7.63. The standard InChI is InChI=1S/C21H25NO2/c1-16-7-6-10-18(13-16)21(17-8-4-3-5-9-17)19-11-12-22(14-19)15-20(23)24-2/h3-10,13,19,21H,11-12,14-15H2,1-2H3. The van der Waals surface area contributed by atoms with Gasteiger partial charge in [-0.2, -0.15) is 0 Å². The number of ether oxygens (including phenoxy) is 1. The van der Waals surface area contributed by atoms with Crippen molar-refractivity contribution in [2.24, 2.45) is 5.92 Å². The fraction of sp³-hybridized carbons (Fsp3) is 0.381. The highest BCUT2D eigenvalue weighted by Crippen LogP contribution is 2.37. The number of carbonyl (C=O) groups is 1. The van der Waals surface area contributed by atoms with Gasteiger partial charge in [0.2, 0.25) is 0 Å². The van der Waals surface area contributed by atoms with Crippen molar-refractivity contribution in [3.8, 4) is 0 Å². The van der Waals surface area contributed by atoms with Gasteiger partial charge in [-0.1, -0.05) is 60.2 Å². The van der Waals surface area contributed by atoms with E-state index in [1.54, 1.807) is 0 Å². The zero-order valence-electron chi connectivity index (χ0n) is 14.4. The van der Waals surface area contributed by atoms with Crippen LogP contribution >= 0.6 is 0 Å². The summed E-state index contributed by atoms with van der Waals surface area (Å²) in [7, 11) is 1.45. The molecule has 3 nitrogen and oxygen atoms in total. The lowest BCUT2D eigenvalue weighted by molar-refractivity contribution is -0.141. The number of likely N-dealkylation sites (tertiary alicyclic amines) is 1. The molecule has 2 atom stereocenters. The molecule has 3 rings (SSSR count). The third-order valence-electron chi connectivity index (χ3n) is 4.92. The molecule has 3 heteroatoms. The molecule has 1 aliphatic heterocycles. The van der Waals surface area contributed by atoms with Gasteiger partial charge >= 0.3 is 5.97 Å². The second-order valence-electron chi connectivity index (χ2n) is 6.66. The zero-order chi connectivity index (χ0) is 16.9. The van der Waals surface area contributed by atoms with E-state index in [4.69, 9.17) is 4.74 Å². The van der Waals surface area contributed by atoms with Crippen LogP contribution in [0.5, 0.6) is 0 Å². The molecule has 1 heterocycles. The number of hydrogen-bond acceptors (Lipinski definition) is 3. The van der Waals surface area contributed by atoms with Crippen molar-refractivity contribution in [3.05, 3.63) is 71.3 Å². The zero-order valence-corrected chi connectivity index (χ0v) is 14.4. The third kappa shape index (κ3) is 3.85. The third-order valence-corrected chi connectivity index (χ3v) is 4.92. The van der Waals surface area contributed by atoms with Crippen LogP contribution in [-0.2, 0) is 9.53 Å². The maximum atomic E-state index is 11.6. The minimum absolute atomic E-state index is 0.150. The summed E-state index contributed by atoms with van der Waals surface area (Å²) < 4.78 is 4.81. The van der Waals surface area contributed by atoms with Crippen LogP contribution in [0.4, 0.5) is 0 Å². The minimum atomic E-state index is -0.150. The monoisotopic (exact) mass is 323 g/mol. The summed E-state index contributed by atoms with van der Waals surface area (Å²) in [5.74, 6) is 0.732. The van der Waals surface area contributed by atoms with Gasteiger partial charge in [0.05, 0.1) is 13.7 Å². The summed E-state index contributed by atoms with van der Waals surface area (Å²) in [6.45, 7) is 4.42. The molecule has 2 aromatic carbocycles. The van der Waals surface area contributed by atoms with E-state index in [0.29, 0.717) is 18.4 Å². The number of carbonyl (C=O) groups excluding carboxylic acids is 1. The molecular weight excluding hydrogens is 298 g/mol. The first-order valence-corrected chi connectivity index (χ1v) is 8.58. The molecule has 0 saturated carbocycles. The van der Waals surface area contributed by atoms with E-state index in [1.807, 2.05) is 0 Å². The van der Waals surface area contributed by atoms with Gasteiger partial charge in [0.15, 0.2) is 0 Å². The average molecular weight is 323 g/mol. The van der Waals surface area contributed by atoms with Crippen molar-refractivity contribution in [2.75, 3.05) is 26.7 Å². The molecular formula is C21H25NO2. The van der Waals surface area contributed by atoms with E-state index in [1.165, 1.54) is 23.8 Å². The van der Waals surface area contributed by atoms with E-state index in [-0.39, 0.29) is 5.97 Å². The molecule has 2 aromatic rings. The Morgan fingerprint density at radius 2 is 1.92 bits per heavy atom. The van der Waals surface area contributed by atoms with Crippen molar-refractivity contribution in [1.29, 1.82) is 0 Å². The predicted octanol–water partition coefficient (Wildman–Crippen LogP) is 3.62. The van der Waals surface area contributed by atoms with E-state index >= 15 is 0 Å². The SMILES string of the molecule is COC(=O)CN1CCC(C(c2ccccc2)c2cccc(C)c2)C1. The Kier molecular flexibility index (Phi) is 5.31. The summed E-state index contributed by atoms with van der Waals surface area (Å²) in [6.07, 6.45) is 1.10. The number of rotatable bonds is 5. The van der Waals surface area contributed by atoms with Crippen LogP contribution in [0.15, 0.2) is 54.6 Å². The molecule has 24 heavy (non-hydrogen) atoms. The van der Waals surface area contributed by atoms with Gasteiger partial charge in [-0.3, -0.25) is 9.69 Å². The number of benzene rings is 2. The number of esters is 1. The van der Waals surface area contributed by atoms with E-state index < -0.39 is 0 Å². The average Bonchev–Trinajstić information content (AvgIpc) is 3.04. The number of aryl methyl sites for hydroxylation is 1. The second-order valence-corrected chi connectivity index (χ2v) is 6.66. The van der Waals surface area contributed by atoms with Crippen LogP contribution in [0.1, 0.15) is 29.0 Å². The van der Waals surface area contributed by atoms with Crippen LogP contribution in [0.25, 0.3) is 0 Å². The van der Waals surface area contributed by atoms with Gasteiger partial charge in [-0.15, -0.1) is 0 Å². The number of hydrogen-bond donors (Lipinski definition) is 0. The highest BCUT2D eigenvalue weighted by Gasteiger charge is 2.32. The molecule has 1 fully saturated rings. The van der Waals surface area contributed by atoms with Gasteiger partial charge < -0.3 is 4.74 Å². The summed E-state index contributed by atoms with van der Waals surface area (Å²) >= 11 is 0. The van der Waals surface area contributed by atoms with E-state index in [9.17, 15) is 4.79 Å². The molecule has 0 bridgehead atoms. The lowest BCUT2D eigenvalue weighted by Gasteiger charge is -2.25. The molecule has 0 aromatic heterocycles. The molecule has 2 unspecified atom stereocenters. The van der Waals surface area contributed by atoms with Crippen LogP contribution < -0.4 is 0 Å². The van der Waals surface area contributed by atoms with Gasteiger partial charge in [-0.05, 0) is 36.9 Å². The topological polar surface area (TPSA) is 29.5 Å². The van der Waals surface area contributed by atoms with Gasteiger partial charge in [0, 0.05) is 12.5 Å². The lowest BCUT2D eigenvalue weighted by Crippen LogP contribution is -2.29. The van der Waals surface area contributed by atoms with E-state index in [0.717, 1.165) is 19.5 Å². The molecule has 0 radical (unpaired) electrons. The quantitative estimate of drug-likeness (QED) is 0.787. The van der Waals surface area contributed by atoms with Crippen LogP contribution in [0.2, 0.25) is 0 Å². The molecule has 126 valence electrons. The predicted molar refractivity (Wildman–Crippen MR) is 96.0 cm³/mol. The summed E-state index contributed by atoms with van der Waals surface area (Å²) in [5, 5.41) is 0. The van der Waals surface area contributed by atoms with Gasteiger partial charge in [0.1, 0.15) is 0 Å². The molecule has 0 N–H and O–H groups in total. The minimum Gasteiger partial charge on any atom is -0.468 e. The highest BCUT2D eigenvalue weighted by atomic mass is 16.5. The van der Waals surface area contributed by atoms with Crippen molar-refractivity contribution in [2.45, 2.75) is 19.3 Å².